The maximum atomic E-state index is 8.77. The zero-order valence-corrected chi connectivity index (χ0v) is 24.5. The molecule has 209 valence electrons. The summed E-state index contributed by atoms with van der Waals surface area (Å²) in [5.41, 5.74) is 4.41. The molecule has 7 aromatic rings. The Kier molecular flexibility index (Phi) is 5.68. The molecule has 4 aromatic carbocycles. The standard InChI is InChI=1S/C25H18NO.C13H12N.Ir/c1-17-16-26-23(15-20(17)13-18-7-3-2-4-8-18)19-11-12-25-22(14-19)21-9-5-6-10-24(21)27-25;1-10-3-6-12(7-4-10)13-8-5-11(2)9-14-13;/h2-10,12,14-16H,13H2,1H3;3-6,8-9H,1-2H3;/q2*-1;/i1D3,13D2;1D3,2D3;. The Morgan fingerprint density at radius 1 is 0.690 bits per heavy atom. The van der Waals surface area contributed by atoms with Crippen LogP contribution in [0.25, 0.3) is 44.5 Å². The molecule has 0 bridgehead atoms. The molecule has 7 rings (SSSR count). The van der Waals surface area contributed by atoms with Crippen LogP contribution in [0.5, 0.6) is 0 Å². The van der Waals surface area contributed by atoms with Crippen LogP contribution in [0.3, 0.4) is 0 Å². The summed E-state index contributed by atoms with van der Waals surface area (Å²) >= 11 is 0. The van der Waals surface area contributed by atoms with Crippen LogP contribution in [0.1, 0.15) is 42.9 Å². The predicted molar refractivity (Wildman–Crippen MR) is 168 cm³/mol. The SMILES string of the molecule is [2H]C([2H])([2H])c1c[c-]c(-c2ccc(C([2H])([2H])[2H])cn2)cc1.[2H]C([2H])([2H])c1cnc(-c2[c-]cc3oc4ccccc4c3c2)cc1C([2H])([2H])c1ccccc1.[Ir]. The average molecular weight is 734 g/mol. The molecule has 0 amide bonds. The number of benzene rings is 4. The molecule has 3 heterocycles. The number of hydrogen-bond donors (Lipinski definition) is 0. The minimum Gasteiger partial charge on any atom is -0.500 e. The summed E-state index contributed by atoms with van der Waals surface area (Å²) in [6.45, 7) is -6.84. The Bertz CT molecular complexity index is 2280. The molecular formula is C38H30IrN2O-2. The van der Waals surface area contributed by atoms with E-state index in [-0.39, 0.29) is 42.4 Å². The summed E-state index contributed by atoms with van der Waals surface area (Å²) in [6.07, 6.45) is 0.535. The fraction of sp³-hybridized carbons (Fsp3) is 0.105. The second kappa shape index (κ2) is 13.1. The molecule has 42 heavy (non-hydrogen) atoms. The van der Waals surface area contributed by atoms with Crippen LogP contribution in [-0.4, -0.2) is 9.97 Å². The van der Waals surface area contributed by atoms with E-state index in [2.05, 4.69) is 22.1 Å². The third-order valence-corrected chi connectivity index (χ3v) is 6.39. The minimum atomic E-state index is -2.50. The Morgan fingerprint density at radius 3 is 2.24 bits per heavy atom. The summed E-state index contributed by atoms with van der Waals surface area (Å²) in [7, 11) is 0. The number of hydrogen-bond acceptors (Lipinski definition) is 3. The summed E-state index contributed by atoms with van der Waals surface area (Å²) in [5.74, 6) is 0. The molecule has 0 fully saturated rings. The van der Waals surface area contributed by atoms with Crippen molar-refractivity contribution in [3.63, 3.8) is 0 Å². The van der Waals surface area contributed by atoms with Crippen molar-refractivity contribution in [2.75, 3.05) is 0 Å². The molecule has 3 nitrogen and oxygen atoms in total. The number of aromatic nitrogens is 2. The second-order valence-electron chi connectivity index (χ2n) is 9.25. The van der Waals surface area contributed by atoms with E-state index in [1.165, 1.54) is 36.7 Å². The number of nitrogens with zero attached hydrogens (tertiary/aromatic N) is 2. The van der Waals surface area contributed by atoms with Crippen molar-refractivity contribution in [3.8, 4) is 22.5 Å². The summed E-state index contributed by atoms with van der Waals surface area (Å²) in [4.78, 5) is 8.44. The quantitative estimate of drug-likeness (QED) is 0.169. The van der Waals surface area contributed by atoms with Crippen LogP contribution in [-0.2, 0) is 26.5 Å². The predicted octanol–water partition coefficient (Wildman–Crippen LogP) is 9.51. The van der Waals surface area contributed by atoms with E-state index in [1.54, 1.807) is 48.5 Å². The number of aryl methyl sites for hydroxylation is 3. The molecule has 0 aliphatic carbocycles. The maximum Gasteiger partial charge on any atom is 0.120 e. The third kappa shape index (κ3) is 6.57. The molecular weight excluding hydrogens is 693 g/mol. The van der Waals surface area contributed by atoms with Crippen molar-refractivity contribution in [3.05, 3.63) is 155 Å². The van der Waals surface area contributed by atoms with Gasteiger partial charge in [0, 0.05) is 53.0 Å². The van der Waals surface area contributed by atoms with Crippen molar-refractivity contribution in [2.24, 2.45) is 0 Å². The van der Waals surface area contributed by atoms with E-state index in [4.69, 9.17) is 19.5 Å². The molecule has 0 saturated carbocycles. The van der Waals surface area contributed by atoms with Gasteiger partial charge in [-0.25, -0.2) is 0 Å². The second-order valence-corrected chi connectivity index (χ2v) is 9.25. The van der Waals surface area contributed by atoms with Crippen molar-refractivity contribution in [2.45, 2.75) is 26.9 Å². The van der Waals surface area contributed by atoms with Gasteiger partial charge in [0.2, 0.25) is 0 Å². The molecule has 1 radical (unpaired) electrons. The Labute approximate surface area is 276 Å². The number of pyridine rings is 2. The fourth-order valence-corrected chi connectivity index (χ4v) is 4.34. The number of para-hydroxylation sites is 1. The van der Waals surface area contributed by atoms with Gasteiger partial charge in [-0.15, -0.1) is 59.2 Å². The number of fused-ring (bicyclic) bond motifs is 3. The molecule has 0 N–H and O–H groups in total. The monoisotopic (exact) mass is 734 g/mol. The van der Waals surface area contributed by atoms with E-state index >= 15 is 0 Å². The Balaban J connectivity index is 0.000000223. The van der Waals surface area contributed by atoms with Crippen LogP contribution in [0.15, 0.2) is 120 Å². The summed E-state index contributed by atoms with van der Waals surface area (Å²) in [6, 6.07) is 35.0. The first-order chi connectivity index (χ1) is 24.4. The third-order valence-electron chi connectivity index (χ3n) is 6.39. The van der Waals surface area contributed by atoms with E-state index in [1.807, 2.05) is 30.3 Å². The van der Waals surface area contributed by atoms with Crippen LogP contribution in [0.4, 0.5) is 0 Å². The number of rotatable bonds is 4. The zero-order chi connectivity index (χ0) is 37.5. The zero-order valence-electron chi connectivity index (χ0n) is 33.1. The topological polar surface area (TPSA) is 38.9 Å². The summed E-state index contributed by atoms with van der Waals surface area (Å²) < 4.78 is 90.8. The maximum absolute atomic E-state index is 8.77. The van der Waals surface area contributed by atoms with Crippen LogP contribution in [0, 0.1) is 32.7 Å². The van der Waals surface area contributed by atoms with Crippen molar-refractivity contribution in [1.29, 1.82) is 0 Å². The molecule has 0 unspecified atom stereocenters. The average Bonchev–Trinajstić information content (AvgIpc) is 3.49. The van der Waals surface area contributed by atoms with Crippen molar-refractivity contribution in [1.82, 2.24) is 9.97 Å². The van der Waals surface area contributed by atoms with Gasteiger partial charge in [-0.1, -0.05) is 79.0 Å². The molecule has 4 heteroatoms. The fourth-order valence-electron chi connectivity index (χ4n) is 4.34. The van der Waals surface area contributed by atoms with E-state index in [9.17, 15) is 0 Å². The van der Waals surface area contributed by atoms with Gasteiger partial charge in [0.05, 0.1) is 5.58 Å². The van der Waals surface area contributed by atoms with Gasteiger partial charge in [0.25, 0.3) is 0 Å². The van der Waals surface area contributed by atoms with Crippen LogP contribution < -0.4 is 0 Å². The normalized spacial score (nSPS) is 15.8. The first-order valence-electron chi connectivity index (χ1n) is 18.3. The smallest absolute Gasteiger partial charge is 0.120 e. The van der Waals surface area contributed by atoms with Crippen LogP contribution >= 0.6 is 0 Å². The number of furan rings is 1. The Morgan fingerprint density at radius 2 is 1.48 bits per heavy atom. The molecule has 0 atom stereocenters. The largest absolute Gasteiger partial charge is 0.500 e. The van der Waals surface area contributed by atoms with Crippen molar-refractivity contribution < 1.29 is 39.6 Å². The minimum absolute atomic E-state index is 0. The molecule has 0 saturated heterocycles. The van der Waals surface area contributed by atoms with Gasteiger partial charge in [-0.05, 0) is 59.8 Å². The molecule has 0 spiro atoms. The molecule has 0 aliphatic heterocycles. The van der Waals surface area contributed by atoms with Gasteiger partial charge in [-0.2, -0.15) is 0 Å². The van der Waals surface area contributed by atoms with Gasteiger partial charge in [0.1, 0.15) is 5.58 Å². The van der Waals surface area contributed by atoms with Crippen LogP contribution in [0.2, 0.25) is 0 Å². The van der Waals surface area contributed by atoms with Gasteiger partial charge < -0.3 is 14.4 Å². The summed E-state index contributed by atoms with van der Waals surface area (Å²) in [5, 5.41) is 1.85. The first-order valence-corrected chi connectivity index (χ1v) is 12.8. The van der Waals surface area contributed by atoms with Gasteiger partial charge in [0.15, 0.2) is 0 Å². The van der Waals surface area contributed by atoms with Gasteiger partial charge in [-0.3, -0.25) is 0 Å². The van der Waals surface area contributed by atoms with E-state index in [0.29, 0.717) is 33.7 Å². The van der Waals surface area contributed by atoms with E-state index in [0.717, 1.165) is 16.4 Å². The van der Waals surface area contributed by atoms with Crippen molar-refractivity contribution >= 4 is 21.9 Å². The molecule has 3 aromatic heterocycles. The van der Waals surface area contributed by atoms with Gasteiger partial charge >= 0.3 is 0 Å². The van der Waals surface area contributed by atoms with E-state index < -0.39 is 26.9 Å². The Hall–Kier alpha value is -4.37. The first kappa shape index (κ1) is 18.2. The molecule has 0 aliphatic rings.